The Bertz CT molecular complexity index is 1330. The third kappa shape index (κ3) is 5.60. The highest BCUT2D eigenvalue weighted by Gasteiger charge is 2.31. The van der Waals surface area contributed by atoms with Gasteiger partial charge in [0.2, 0.25) is 0 Å². The summed E-state index contributed by atoms with van der Waals surface area (Å²) in [5, 5.41) is 10.1. The molecule has 6 nitrogen and oxygen atoms in total. The van der Waals surface area contributed by atoms with Gasteiger partial charge >= 0.3 is 12.1 Å². The fraction of sp³-hybridized carbons (Fsp3) is 0.120. The van der Waals surface area contributed by atoms with Crippen LogP contribution < -0.4 is 13.2 Å². The van der Waals surface area contributed by atoms with Crippen molar-refractivity contribution >= 4 is 34.8 Å². The summed E-state index contributed by atoms with van der Waals surface area (Å²) in [5.41, 5.74) is -0.00430. The summed E-state index contributed by atoms with van der Waals surface area (Å²) in [6.07, 6.45) is -3.50. The lowest BCUT2D eigenvalue weighted by Gasteiger charge is -2.25. The fourth-order valence-electron chi connectivity index (χ4n) is 3.39. The number of rotatable bonds is 8. The molecule has 0 spiro atoms. The Hall–Kier alpha value is -3.92. The van der Waals surface area contributed by atoms with E-state index in [1.807, 2.05) is 30.3 Å². The van der Waals surface area contributed by atoms with Crippen LogP contribution in [0.15, 0.2) is 79.0 Å². The molecule has 0 unspecified atom stereocenters. The monoisotopic (exact) mass is 500 g/mol. The normalized spacial score (nSPS) is 11.3. The van der Waals surface area contributed by atoms with Gasteiger partial charge in [-0.05, 0) is 42.0 Å². The van der Waals surface area contributed by atoms with Crippen molar-refractivity contribution in [3.05, 3.63) is 95.7 Å². The number of pyridine rings is 1. The van der Waals surface area contributed by atoms with E-state index in [-0.39, 0.29) is 28.7 Å². The molecule has 1 heterocycles. The van der Waals surface area contributed by atoms with E-state index in [4.69, 9.17) is 8.92 Å². The van der Waals surface area contributed by atoms with Gasteiger partial charge in [0, 0.05) is 11.6 Å². The molecular formula is C25H19F3N2O4S. The first-order valence-corrected chi connectivity index (χ1v) is 11.0. The van der Waals surface area contributed by atoms with Gasteiger partial charge in [-0.2, -0.15) is 13.2 Å². The summed E-state index contributed by atoms with van der Waals surface area (Å²) in [5.74, 6) is -0.155. The van der Waals surface area contributed by atoms with Gasteiger partial charge in [0.15, 0.2) is 12.2 Å². The molecule has 0 atom stereocenters. The minimum absolute atomic E-state index is 0.0166. The van der Waals surface area contributed by atoms with Crippen molar-refractivity contribution in [3.63, 3.8) is 0 Å². The van der Waals surface area contributed by atoms with Crippen LogP contribution in [0, 0.1) is 0 Å². The average molecular weight is 500 g/mol. The number of carboxylic acid groups (broad SMARTS) is 1. The third-order valence-corrected chi connectivity index (χ3v) is 5.86. The molecule has 0 fully saturated rings. The summed E-state index contributed by atoms with van der Waals surface area (Å²) in [4.78, 5) is 16.1. The van der Waals surface area contributed by atoms with Crippen molar-refractivity contribution in [2.75, 3.05) is 11.4 Å². The van der Waals surface area contributed by atoms with Gasteiger partial charge in [-0.25, -0.2) is 4.79 Å². The lowest BCUT2D eigenvalue weighted by molar-refractivity contribution is -0.137. The molecule has 35 heavy (non-hydrogen) atoms. The molecule has 0 aliphatic heterocycles. The Balaban J connectivity index is 1.80. The van der Waals surface area contributed by atoms with Crippen LogP contribution in [0.3, 0.4) is 0 Å². The Kier molecular flexibility index (Phi) is 7.02. The Morgan fingerprint density at radius 2 is 1.71 bits per heavy atom. The first-order valence-electron chi connectivity index (χ1n) is 10.3. The summed E-state index contributed by atoms with van der Waals surface area (Å²) in [6.45, 7) is 0.210. The smallest absolute Gasteiger partial charge is 0.416 e. The minimum atomic E-state index is -4.56. The van der Waals surface area contributed by atoms with Crippen LogP contribution in [0.5, 0.6) is 11.5 Å². The topological polar surface area (TPSA) is 71.9 Å². The molecule has 0 saturated heterocycles. The third-order valence-electron chi connectivity index (χ3n) is 5.10. The molecule has 0 aliphatic carbocycles. The number of fused-ring (bicyclic) bond motifs is 1. The molecule has 10 heteroatoms. The van der Waals surface area contributed by atoms with E-state index in [2.05, 4.69) is 4.98 Å². The van der Waals surface area contributed by atoms with E-state index in [9.17, 15) is 23.1 Å². The van der Waals surface area contributed by atoms with Crippen molar-refractivity contribution in [1.82, 2.24) is 4.98 Å². The number of carbonyl (C=O) groups is 1. The van der Waals surface area contributed by atoms with Crippen LogP contribution in [0.25, 0.3) is 10.9 Å². The van der Waals surface area contributed by atoms with Gasteiger partial charge < -0.3 is 14.0 Å². The van der Waals surface area contributed by atoms with Gasteiger partial charge in [-0.1, -0.05) is 36.4 Å². The zero-order valence-corrected chi connectivity index (χ0v) is 19.1. The standard InChI is InChI=1S/C25H19F3N2O4S/c1-33-18-8-10-19(11-9-18)34-35-30(15-16-5-3-2-4-6-16)23-20-12-7-17(25(26,27)28)13-22(20)29-14-21(23)24(31)32/h2-14H,15H2,1H3,(H,31,32). The molecule has 4 aromatic rings. The zero-order valence-electron chi connectivity index (χ0n) is 18.3. The summed E-state index contributed by atoms with van der Waals surface area (Å²) >= 11 is 0.871. The number of anilines is 1. The maximum atomic E-state index is 13.3. The summed E-state index contributed by atoms with van der Waals surface area (Å²) in [7, 11) is 1.54. The molecule has 1 N–H and O–H groups in total. The second-order valence-electron chi connectivity index (χ2n) is 7.41. The van der Waals surface area contributed by atoms with E-state index in [0.29, 0.717) is 11.5 Å². The molecule has 0 bridgehead atoms. The summed E-state index contributed by atoms with van der Waals surface area (Å²) in [6, 6.07) is 19.1. The van der Waals surface area contributed by atoms with Crippen LogP contribution in [-0.2, 0) is 12.7 Å². The van der Waals surface area contributed by atoms with Crippen molar-refractivity contribution < 1.29 is 32.0 Å². The summed E-state index contributed by atoms with van der Waals surface area (Å²) < 4.78 is 52.4. The van der Waals surface area contributed by atoms with Gasteiger partial charge in [0.1, 0.15) is 17.1 Å². The van der Waals surface area contributed by atoms with E-state index < -0.39 is 17.7 Å². The highest BCUT2D eigenvalue weighted by molar-refractivity contribution is 7.96. The van der Waals surface area contributed by atoms with Crippen molar-refractivity contribution in [1.29, 1.82) is 0 Å². The van der Waals surface area contributed by atoms with E-state index in [0.717, 1.165) is 36.1 Å². The lowest BCUT2D eigenvalue weighted by Crippen LogP contribution is -2.19. The number of hydrogen-bond donors (Lipinski definition) is 1. The second-order valence-corrected chi connectivity index (χ2v) is 8.17. The molecule has 4 rings (SSSR count). The second kappa shape index (κ2) is 10.1. The van der Waals surface area contributed by atoms with Crippen LogP contribution in [0.2, 0.25) is 0 Å². The maximum Gasteiger partial charge on any atom is 0.416 e. The molecule has 0 aliphatic rings. The van der Waals surface area contributed by atoms with Gasteiger partial charge in [-0.15, -0.1) is 0 Å². The highest BCUT2D eigenvalue weighted by atomic mass is 32.2. The largest absolute Gasteiger partial charge is 0.497 e. The number of alkyl halides is 3. The van der Waals surface area contributed by atoms with E-state index in [1.54, 1.807) is 35.7 Å². The number of nitrogens with zero attached hydrogens (tertiary/aromatic N) is 2. The molecule has 0 radical (unpaired) electrons. The van der Waals surface area contributed by atoms with Gasteiger partial charge in [0.05, 0.1) is 30.4 Å². The Morgan fingerprint density at radius 1 is 1.03 bits per heavy atom. The Morgan fingerprint density at radius 3 is 2.34 bits per heavy atom. The average Bonchev–Trinajstić information content (AvgIpc) is 2.86. The van der Waals surface area contributed by atoms with E-state index >= 15 is 0 Å². The number of ether oxygens (including phenoxy) is 1. The zero-order chi connectivity index (χ0) is 25.0. The Labute approximate surface area is 203 Å². The van der Waals surface area contributed by atoms with Crippen LogP contribution >= 0.6 is 12.2 Å². The predicted molar refractivity (Wildman–Crippen MR) is 128 cm³/mol. The molecule has 1 aromatic heterocycles. The van der Waals surface area contributed by atoms with E-state index in [1.165, 1.54) is 6.07 Å². The molecule has 3 aromatic carbocycles. The highest BCUT2D eigenvalue weighted by Crippen LogP contribution is 2.38. The number of methoxy groups -OCH3 is 1. The molecule has 0 saturated carbocycles. The number of halogens is 3. The lowest BCUT2D eigenvalue weighted by atomic mass is 10.1. The van der Waals surface area contributed by atoms with Crippen LogP contribution in [-0.4, -0.2) is 23.2 Å². The first-order chi connectivity index (χ1) is 16.8. The number of benzene rings is 3. The van der Waals surface area contributed by atoms with Crippen LogP contribution in [0.1, 0.15) is 21.5 Å². The predicted octanol–water partition coefficient (Wildman–Crippen LogP) is 6.61. The van der Waals surface area contributed by atoms with Gasteiger partial charge in [-0.3, -0.25) is 9.29 Å². The van der Waals surface area contributed by atoms with Crippen LogP contribution in [0.4, 0.5) is 18.9 Å². The SMILES string of the molecule is COc1ccc(OSN(Cc2ccccc2)c2c(C(=O)O)cnc3cc(C(F)(F)F)ccc23)cc1. The number of aromatic nitrogens is 1. The number of hydrogen-bond acceptors (Lipinski definition) is 6. The molecule has 0 amide bonds. The fourth-order valence-corrected chi connectivity index (χ4v) is 4.15. The van der Waals surface area contributed by atoms with Crippen molar-refractivity contribution in [2.45, 2.75) is 12.7 Å². The number of aromatic carboxylic acids is 1. The minimum Gasteiger partial charge on any atom is -0.497 e. The van der Waals surface area contributed by atoms with Gasteiger partial charge in [0.25, 0.3) is 0 Å². The van der Waals surface area contributed by atoms with Crippen molar-refractivity contribution in [2.24, 2.45) is 0 Å². The molecule has 180 valence electrons. The maximum absolute atomic E-state index is 13.3. The molecular weight excluding hydrogens is 481 g/mol. The van der Waals surface area contributed by atoms with Crippen molar-refractivity contribution in [3.8, 4) is 11.5 Å². The quantitative estimate of drug-likeness (QED) is 0.216. The first kappa shape index (κ1) is 24.2. The number of carboxylic acids is 1.